The number of likely N-dealkylation sites (tertiary alicyclic amines) is 1. The van der Waals surface area contributed by atoms with Crippen molar-refractivity contribution >= 4 is 11.8 Å². The molecule has 1 aliphatic heterocycles. The average molecular weight is 209 g/mol. The Morgan fingerprint density at radius 3 is 2.33 bits per heavy atom. The van der Waals surface area contributed by atoms with Crippen LogP contribution in [-0.2, 0) is 9.59 Å². The van der Waals surface area contributed by atoms with Gasteiger partial charge in [0.1, 0.15) is 0 Å². The second-order valence-electron chi connectivity index (χ2n) is 3.84. The Hall–Kier alpha value is -1.12. The van der Waals surface area contributed by atoms with Crippen molar-refractivity contribution in [1.82, 2.24) is 4.90 Å². The highest BCUT2D eigenvalue weighted by atomic mass is 16.2. The number of hydrogen-bond acceptors (Lipinski definition) is 2. The van der Waals surface area contributed by atoms with E-state index < -0.39 is 0 Å². The number of allylic oxidation sites excluding steroid dienone is 1. The van der Waals surface area contributed by atoms with Gasteiger partial charge in [-0.15, -0.1) is 0 Å². The lowest BCUT2D eigenvalue weighted by atomic mass is 10.2. The van der Waals surface area contributed by atoms with E-state index in [1.807, 2.05) is 0 Å². The molecule has 0 aliphatic carbocycles. The van der Waals surface area contributed by atoms with Crippen LogP contribution in [0.2, 0.25) is 0 Å². The first-order valence-electron chi connectivity index (χ1n) is 5.74. The van der Waals surface area contributed by atoms with Crippen molar-refractivity contribution in [2.45, 2.75) is 45.4 Å². The number of carbonyl (C=O) groups is 2. The summed E-state index contributed by atoms with van der Waals surface area (Å²) in [5.74, 6) is -0.0242. The molecule has 1 saturated heterocycles. The van der Waals surface area contributed by atoms with Crippen molar-refractivity contribution in [3.05, 3.63) is 12.2 Å². The molecule has 0 aromatic carbocycles. The molecule has 0 spiro atoms. The predicted octanol–water partition coefficient (Wildman–Crippen LogP) is 2.27. The Morgan fingerprint density at radius 2 is 1.73 bits per heavy atom. The van der Waals surface area contributed by atoms with E-state index in [0.717, 1.165) is 12.8 Å². The predicted molar refractivity (Wildman–Crippen MR) is 59.2 cm³/mol. The van der Waals surface area contributed by atoms with Gasteiger partial charge in [0.15, 0.2) is 0 Å². The molecule has 1 fully saturated rings. The third-order valence-electron chi connectivity index (χ3n) is 2.57. The monoisotopic (exact) mass is 209 g/mol. The van der Waals surface area contributed by atoms with Crippen LogP contribution in [0.15, 0.2) is 12.2 Å². The van der Waals surface area contributed by atoms with E-state index in [0.29, 0.717) is 19.4 Å². The van der Waals surface area contributed by atoms with Gasteiger partial charge in [-0.25, -0.2) is 0 Å². The van der Waals surface area contributed by atoms with Gasteiger partial charge in [-0.2, -0.15) is 0 Å². The molecule has 84 valence electrons. The smallest absolute Gasteiger partial charge is 0.229 e. The molecule has 0 radical (unpaired) electrons. The lowest BCUT2D eigenvalue weighted by molar-refractivity contribution is -0.138. The molecule has 0 N–H and O–H groups in total. The number of hydrogen-bond donors (Lipinski definition) is 0. The number of carbonyl (C=O) groups excluding carboxylic acids is 2. The van der Waals surface area contributed by atoms with Crippen molar-refractivity contribution in [3.8, 4) is 0 Å². The van der Waals surface area contributed by atoms with E-state index in [4.69, 9.17) is 0 Å². The first kappa shape index (κ1) is 12.0. The topological polar surface area (TPSA) is 37.4 Å². The van der Waals surface area contributed by atoms with Gasteiger partial charge >= 0.3 is 0 Å². The van der Waals surface area contributed by atoms with Crippen molar-refractivity contribution in [2.24, 2.45) is 0 Å². The van der Waals surface area contributed by atoms with Crippen LogP contribution in [0.3, 0.4) is 0 Å². The Kier molecular flexibility index (Phi) is 5.08. The van der Waals surface area contributed by atoms with Crippen LogP contribution in [0.25, 0.3) is 0 Å². The normalized spacial score (nSPS) is 17.0. The van der Waals surface area contributed by atoms with Gasteiger partial charge < -0.3 is 0 Å². The summed E-state index contributed by atoms with van der Waals surface area (Å²) in [4.78, 5) is 23.8. The summed E-state index contributed by atoms with van der Waals surface area (Å²) in [6, 6.07) is 0. The average Bonchev–Trinajstić information content (AvgIpc) is 2.54. The van der Waals surface area contributed by atoms with Crippen LogP contribution < -0.4 is 0 Å². The molecule has 0 aromatic heterocycles. The Morgan fingerprint density at radius 1 is 1.13 bits per heavy atom. The Balaban J connectivity index is 2.16. The maximum absolute atomic E-state index is 11.2. The molecule has 3 heteroatoms. The molecule has 0 bridgehead atoms. The minimum atomic E-state index is -0.0121. The lowest BCUT2D eigenvalue weighted by Gasteiger charge is -2.11. The van der Waals surface area contributed by atoms with E-state index in [1.54, 1.807) is 0 Å². The fourth-order valence-corrected chi connectivity index (χ4v) is 1.63. The molecule has 2 amide bonds. The second kappa shape index (κ2) is 6.38. The number of imide groups is 1. The molecule has 0 atom stereocenters. The summed E-state index contributed by atoms with van der Waals surface area (Å²) < 4.78 is 0. The maximum atomic E-state index is 11.2. The highest BCUT2D eigenvalue weighted by Crippen LogP contribution is 2.11. The van der Waals surface area contributed by atoms with Crippen LogP contribution in [-0.4, -0.2) is 23.3 Å². The first-order valence-corrected chi connectivity index (χ1v) is 5.74. The van der Waals surface area contributed by atoms with E-state index in [1.165, 1.54) is 17.7 Å². The zero-order chi connectivity index (χ0) is 11.1. The summed E-state index contributed by atoms with van der Waals surface area (Å²) in [7, 11) is 0. The summed E-state index contributed by atoms with van der Waals surface area (Å²) in [5.41, 5.74) is 0. The van der Waals surface area contributed by atoms with Crippen molar-refractivity contribution in [1.29, 1.82) is 0 Å². The highest BCUT2D eigenvalue weighted by Gasteiger charge is 2.27. The third kappa shape index (κ3) is 3.86. The quantitative estimate of drug-likeness (QED) is 0.382. The van der Waals surface area contributed by atoms with Crippen LogP contribution in [0, 0.1) is 0 Å². The SMILES string of the molecule is CCCC/C=C/CCN1C(=O)CCC1=O. The highest BCUT2D eigenvalue weighted by molar-refractivity contribution is 6.01. The van der Waals surface area contributed by atoms with Gasteiger partial charge in [0, 0.05) is 19.4 Å². The Labute approximate surface area is 91.1 Å². The summed E-state index contributed by atoms with van der Waals surface area (Å²) >= 11 is 0. The van der Waals surface area contributed by atoms with Gasteiger partial charge in [0.05, 0.1) is 0 Å². The van der Waals surface area contributed by atoms with Crippen LogP contribution >= 0.6 is 0 Å². The summed E-state index contributed by atoms with van der Waals surface area (Å²) in [5, 5.41) is 0. The number of unbranched alkanes of at least 4 members (excludes halogenated alkanes) is 2. The zero-order valence-corrected chi connectivity index (χ0v) is 9.37. The van der Waals surface area contributed by atoms with Crippen LogP contribution in [0.1, 0.15) is 45.4 Å². The van der Waals surface area contributed by atoms with E-state index in [-0.39, 0.29) is 11.8 Å². The fourth-order valence-electron chi connectivity index (χ4n) is 1.63. The molecule has 15 heavy (non-hydrogen) atoms. The molecule has 0 saturated carbocycles. The maximum Gasteiger partial charge on any atom is 0.229 e. The molecule has 0 unspecified atom stereocenters. The van der Waals surface area contributed by atoms with Gasteiger partial charge in [-0.3, -0.25) is 14.5 Å². The largest absolute Gasteiger partial charge is 0.282 e. The van der Waals surface area contributed by atoms with Gasteiger partial charge in [-0.05, 0) is 12.8 Å². The summed E-state index contributed by atoms with van der Waals surface area (Å²) in [6.45, 7) is 2.72. The van der Waals surface area contributed by atoms with Crippen molar-refractivity contribution in [2.75, 3.05) is 6.54 Å². The van der Waals surface area contributed by atoms with E-state index in [2.05, 4.69) is 19.1 Å². The van der Waals surface area contributed by atoms with Gasteiger partial charge in [0.25, 0.3) is 0 Å². The molecule has 0 aromatic rings. The minimum Gasteiger partial charge on any atom is -0.282 e. The lowest BCUT2D eigenvalue weighted by Crippen LogP contribution is -2.29. The van der Waals surface area contributed by atoms with Gasteiger partial charge in [-0.1, -0.05) is 31.9 Å². The zero-order valence-electron chi connectivity index (χ0n) is 9.37. The van der Waals surface area contributed by atoms with E-state index >= 15 is 0 Å². The van der Waals surface area contributed by atoms with E-state index in [9.17, 15) is 9.59 Å². The third-order valence-corrected chi connectivity index (χ3v) is 2.57. The minimum absolute atomic E-state index is 0.0121. The second-order valence-corrected chi connectivity index (χ2v) is 3.84. The van der Waals surface area contributed by atoms with Gasteiger partial charge in [0.2, 0.25) is 11.8 Å². The molecule has 1 aliphatic rings. The molecular formula is C12H19NO2. The number of amides is 2. The number of nitrogens with zero attached hydrogens (tertiary/aromatic N) is 1. The first-order chi connectivity index (χ1) is 7.25. The van der Waals surface area contributed by atoms with Crippen LogP contribution in [0.4, 0.5) is 0 Å². The molecule has 1 rings (SSSR count). The Bertz CT molecular complexity index is 242. The van der Waals surface area contributed by atoms with Crippen molar-refractivity contribution < 1.29 is 9.59 Å². The number of rotatable bonds is 6. The standard InChI is InChI=1S/C12H19NO2/c1-2-3-4-5-6-7-10-13-11(14)8-9-12(13)15/h5-6H,2-4,7-10H2,1H3/b6-5+. The van der Waals surface area contributed by atoms with Crippen molar-refractivity contribution in [3.63, 3.8) is 0 Å². The molecular weight excluding hydrogens is 190 g/mol. The van der Waals surface area contributed by atoms with Crippen LogP contribution in [0.5, 0.6) is 0 Å². The fraction of sp³-hybridized carbons (Fsp3) is 0.667. The molecule has 3 nitrogen and oxygen atoms in total. The molecule has 1 heterocycles. The summed E-state index contributed by atoms with van der Waals surface area (Å²) in [6.07, 6.45) is 9.30.